The number of esters is 1. The molecule has 1 amide bonds. The summed E-state index contributed by atoms with van der Waals surface area (Å²) in [5.41, 5.74) is 1.54. The minimum Gasteiger partial charge on any atom is -0.482 e. The van der Waals surface area contributed by atoms with E-state index in [1.165, 1.54) is 6.07 Å². The molecule has 7 heteroatoms. The van der Waals surface area contributed by atoms with E-state index in [-0.39, 0.29) is 12.3 Å². The summed E-state index contributed by atoms with van der Waals surface area (Å²) in [6.07, 6.45) is 0. The lowest BCUT2D eigenvalue weighted by Gasteiger charge is -2.10. The number of halogens is 2. The molecule has 0 bridgehead atoms. The Balaban J connectivity index is 1.77. The van der Waals surface area contributed by atoms with Gasteiger partial charge in [0, 0.05) is 10.7 Å². The first-order valence-electron chi connectivity index (χ1n) is 7.45. The molecular weight excluding hydrogens is 349 g/mol. The average Bonchev–Trinajstić information content (AvgIpc) is 2.55. The lowest BCUT2D eigenvalue weighted by atomic mass is 10.2. The summed E-state index contributed by atoms with van der Waals surface area (Å²) in [6.45, 7) is 2.58. The molecule has 132 valence electrons. The van der Waals surface area contributed by atoms with Gasteiger partial charge in [-0.3, -0.25) is 4.79 Å². The number of carbonyl (C=O) groups is 2. The van der Waals surface area contributed by atoms with Crippen molar-refractivity contribution in [3.8, 4) is 5.75 Å². The van der Waals surface area contributed by atoms with Crippen LogP contribution in [-0.4, -0.2) is 25.1 Å². The van der Waals surface area contributed by atoms with Crippen molar-refractivity contribution in [3.05, 3.63) is 58.4 Å². The van der Waals surface area contributed by atoms with Gasteiger partial charge >= 0.3 is 5.97 Å². The number of benzene rings is 2. The number of nitrogens with one attached hydrogen (secondary N) is 1. The minimum absolute atomic E-state index is 0.289. The standard InChI is InChI=1S/C18H17ClFNO4/c1-11-3-5-14(8-15(11)20)21-17(22)9-25-18(23)10-24-16-6-4-13(19)7-12(16)2/h3-8H,9-10H2,1-2H3,(H,21,22). The molecule has 0 aliphatic heterocycles. The Labute approximate surface area is 149 Å². The fourth-order valence-corrected chi connectivity index (χ4v) is 2.19. The maximum atomic E-state index is 13.4. The molecule has 0 saturated carbocycles. The first-order chi connectivity index (χ1) is 11.8. The Morgan fingerprint density at radius 3 is 2.52 bits per heavy atom. The van der Waals surface area contributed by atoms with E-state index in [1.54, 1.807) is 44.2 Å². The van der Waals surface area contributed by atoms with Crippen molar-refractivity contribution >= 4 is 29.2 Å². The summed E-state index contributed by atoms with van der Waals surface area (Å²) in [5.74, 6) is -1.19. The highest BCUT2D eigenvalue weighted by molar-refractivity contribution is 6.30. The van der Waals surface area contributed by atoms with Crippen molar-refractivity contribution in [3.63, 3.8) is 0 Å². The second kappa shape index (κ2) is 8.48. The number of amides is 1. The highest BCUT2D eigenvalue weighted by atomic mass is 35.5. The van der Waals surface area contributed by atoms with Crippen LogP contribution < -0.4 is 10.1 Å². The number of anilines is 1. The van der Waals surface area contributed by atoms with E-state index in [0.717, 1.165) is 5.56 Å². The van der Waals surface area contributed by atoms with Gasteiger partial charge in [-0.2, -0.15) is 0 Å². The summed E-state index contributed by atoms with van der Waals surface area (Å²) >= 11 is 5.83. The summed E-state index contributed by atoms with van der Waals surface area (Å²) in [6, 6.07) is 9.29. The van der Waals surface area contributed by atoms with Gasteiger partial charge in [0.2, 0.25) is 0 Å². The van der Waals surface area contributed by atoms with E-state index >= 15 is 0 Å². The molecule has 1 N–H and O–H groups in total. The van der Waals surface area contributed by atoms with Gasteiger partial charge in [0.25, 0.3) is 5.91 Å². The lowest BCUT2D eigenvalue weighted by Crippen LogP contribution is -2.23. The van der Waals surface area contributed by atoms with Crippen LogP contribution in [0, 0.1) is 19.7 Å². The highest BCUT2D eigenvalue weighted by Gasteiger charge is 2.10. The van der Waals surface area contributed by atoms with Crippen LogP contribution in [0.4, 0.5) is 10.1 Å². The molecule has 25 heavy (non-hydrogen) atoms. The van der Waals surface area contributed by atoms with Gasteiger partial charge in [0.15, 0.2) is 13.2 Å². The molecule has 0 atom stereocenters. The molecule has 0 heterocycles. The smallest absolute Gasteiger partial charge is 0.344 e. The van der Waals surface area contributed by atoms with E-state index in [4.69, 9.17) is 21.1 Å². The van der Waals surface area contributed by atoms with Crippen LogP contribution in [0.25, 0.3) is 0 Å². The predicted molar refractivity (Wildman–Crippen MR) is 92.4 cm³/mol. The van der Waals surface area contributed by atoms with Crippen LogP contribution in [0.15, 0.2) is 36.4 Å². The molecule has 0 radical (unpaired) electrons. The highest BCUT2D eigenvalue weighted by Crippen LogP contribution is 2.21. The molecule has 2 aromatic carbocycles. The SMILES string of the molecule is Cc1ccc(NC(=O)COC(=O)COc2ccc(Cl)cc2C)cc1F. The molecule has 0 aliphatic carbocycles. The molecule has 0 unspecified atom stereocenters. The van der Waals surface area contributed by atoms with Crippen molar-refractivity contribution in [2.75, 3.05) is 18.5 Å². The van der Waals surface area contributed by atoms with Crippen molar-refractivity contribution in [1.29, 1.82) is 0 Å². The Bertz CT molecular complexity index is 795. The topological polar surface area (TPSA) is 64.6 Å². The number of hydrogen-bond donors (Lipinski definition) is 1. The van der Waals surface area contributed by atoms with E-state index < -0.39 is 24.3 Å². The lowest BCUT2D eigenvalue weighted by molar-refractivity contribution is -0.149. The fraction of sp³-hybridized carbons (Fsp3) is 0.222. The van der Waals surface area contributed by atoms with Crippen LogP contribution in [0.1, 0.15) is 11.1 Å². The Hall–Kier alpha value is -2.60. The zero-order valence-corrected chi connectivity index (χ0v) is 14.5. The Kier molecular flexibility index (Phi) is 6.36. The molecule has 2 aromatic rings. The number of rotatable bonds is 6. The number of carbonyl (C=O) groups excluding carboxylic acids is 2. The summed E-state index contributed by atoms with van der Waals surface area (Å²) < 4.78 is 23.5. The zero-order valence-electron chi connectivity index (χ0n) is 13.8. The summed E-state index contributed by atoms with van der Waals surface area (Å²) in [4.78, 5) is 23.3. The van der Waals surface area contributed by atoms with Crippen LogP contribution in [-0.2, 0) is 14.3 Å². The molecule has 0 fully saturated rings. The largest absolute Gasteiger partial charge is 0.482 e. The second-order valence-electron chi connectivity index (χ2n) is 5.37. The van der Waals surface area contributed by atoms with Crippen molar-refractivity contribution < 1.29 is 23.5 Å². The van der Waals surface area contributed by atoms with E-state index in [2.05, 4.69) is 5.32 Å². The van der Waals surface area contributed by atoms with Crippen LogP contribution in [0.3, 0.4) is 0 Å². The normalized spacial score (nSPS) is 10.2. The maximum absolute atomic E-state index is 13.4. The van der Waals surface area contributed by atoms with Crippen LogP contribution >= 0.6 is 11.6 Å². The zero-order chi connectivity index (χ0) is 18.4. The first kappa shape index (κ1) is 18.7. The monoisotopic (exact) mass is 365 g/mol. The van der Waals surface area contributed by atoms with Gasteiger partial charge in [-0.25, -0.2) is 9.18 Å². The van der Waals surface area contributed by atoms with Gasteiger partial charge in [0.05, 0.1) is 0 Å². The summed E-state index contributed by atoms with van der Waals surface area (Å²) in [7, 11) is 0. The third kappa shape index (κ3) is 5.76. The second-order valence-corrected chi connectivity index (χ2v) is 5.81. The average molecular weight is 366 g/mol. The first-order valence-corrected chi connectivity index (χ1v) is 7.83. The maximum Gasteiger partial charge on any atom is 0.344 e. The molecular formula is C18H17ClFNO4. The van der Waals surface area contributed by atoms with Crippen molar-refractivity contribution in [2.24, 2.45) is 0 Å². The minimum atomic E-state index is -0.695. The third-order valence-corrected chi connectivity index (χ3v) is 3.54. The third-order valence-electron chi connectivity index (χ3n) is 3.30. The van der Waals surface area contributed by atoms with Crippen LogP contribution in [0.5, 0.6) is 5.75 Å². The Morgan fingerprint density at radius 2 is 1.84 bits per heavy atom. The number of aryl methyl sites for hydroxylation is 2. The quantitative estimate of drug-likeness (QED) is 0.793. The molecule has 0 aliphatic rings. The molecule has 5 nitrogen and oxygen atoms in total. The molecule has 0 spiro atoms. The van der Waals surface area contributed by atoms with E-state index in [1.807, 2.05) is 0 Å². The van der Waals surface area contributed by atoms with Gasteiger partial charge < -0.3 is 14.8 Å². The predicted octanol–water partition coefficient (Wildman–Crippen LogP) is 3.66. The van der Waals surface area contributed by atoms with Gasteiger partial charge in [-0.1, -0.05) is 17.7 Å². The molecule has 2 rings (SSSR count). The Morgan fingerprint density at radius 1 is 1.08 bits per heavy atom. The van der Waals surface area contributed by atoms with Gasteiger partial charge in [0.1, 0.15) is 11.6 Å². The van der Waals surface area contributed by atoms with Crippen molar-refractivity contribution in [2.45, 2.75) is 13.8 Å². The van der Waals surface area contributed by atoms with Crippen LogP contribution in [0.2, 0.25) is 5.02 Å². The fourth-order valence-electron chi connectivity index (χ4n) is 1.97. The molecule has 0 aromatic heterocycles. The van der Waals surface area contributed by atoms with Gasteiger partial charge in [-0.05, 0) is 55.3 Å². The molecule has 0 saturated heterocycles. The summed E-state index contributed by atoms with van der Waals surface area (Å²) in [5, 5.41) is 3.01. The number of hydrogen-bond acceptors (Lipinski definition) is 4. The van der Waals surface area contributed by atoms with E-state index in [9.17, 15) is 14.0 Å². The van der Waals surface area contributed by atoms with Gasteiger partial charge in [-0.15, -0.1) is 0 Å². The van der Waals surface area contributed by atoms with E-state index in [0.29, 0.717) is 16.3 Å². The number of ether oxygens (including phenoxy) is 2. The van der Waals surface area contributed by atoms with Crippen molar-refractivity contribution in [1.82, 2.24) is 0 Å².